The number of ether oxygens (including phenoxy) is 2. The molecule has 1 aliphatic carbocycles. The molecule has 2 N–H and O–H groups in total. The molecule has 4 atom stereocenters. The van der Waals surface area contributed by atoms with Crippen molar-refractivity contribution in [1.82, 2.24) is 4.98 Å². The van der Waals surface area contributed by atoms with Crippen LogP contribution >= 0.6 is 0 Å². The predicted octanol–water partition coefficient (Wildman–Crippen LogP) is 11.5. The fourth-order valence-electron chi connectivity index (χ4n) is 9.80. The van der Waals surface area contributed by atoms with E-state index in [-0.39, 0.29) is 18.1 Å². The molecule has 0 saturated carbocycles. The van der Waals surface area contributed by atoms with Crippen LogP contribution in [0.1, 0.15) is 144 Å². The first kappa shape index (κ1) is 48.2. The zero-order valence-corrected chi connectivity index (χ0v) is 40.3. The molecule has 0 saturated heterocycles. The lowest BCUT2D eigenvalue weighted by molar-refractivity contribution is -0.144. The van der Waals surface area contributed by atoms with Crippen LogP contribution in [0.3, 0.4) is 0 Å². The highest BCUT2D eigenvalue weighted by Crippen LogP contribution is 2.48. The van der Waals surface area contributed by atoms with E-state index in [0.29, 0.717) is 64.2 Å². The first-order chi connectivity index (χ1) is 30.6. The van der Waals surface area contributed by atoms with Crippen LogP contribution in [0.25, 0.3) is 18.2 Å². The van der Waals surface area contributed by atoms with Gasteiger partial charge in [0.2, 0.25) is 0 Å². The van der Waals surface area contributed by atoms with E-state index in [2.05, 4.69) is 52.8 Å². The summed E-state index contributed by atoms with van der Waals surface area (Å²) in [4.78, 5) is 45.9. The maximum Gasteiger partial charge on any atom is 0.321 e. The van der Waals surface area contributed by atoms with Gasteiger partial charge < -0.3 is 19.6 Å². The summed E-state index contributed by atoms with van der Waals surface area (Å²) >= 11 is 0. The molecule has 9 nitrogen and oxygen atoms in total. The molecule has 0 radical (unpaired) electrons. The van der Waals surface area contributed by atoms with Gasteiger partial charge in [-0.15, -0.1) is 0 Å². The number of aliphatic imine (C=N–C) groups is 3. The maximum absolute atomic E-state index is 13.6. The molecule has 342 valence electrons. The van der Waals surface area contributed by atoms with E-state index in [9.17, 15) is 14.7 Å². The van der Waals surface area contributed by atoms with E-state index in [1.54, 1.807) is 6.08 Å². The van der Waals surface area contributed by atoms with Crippen molar-refractivity contribution < 1.29 is 24.2 Å². The predicted molar refractivity (Wildman–Crippen MR) is 263 cm³/mol. The number of aromatic amines is 1. The third kappa shape index (κ3) is 10.5. The van der Waals surface area contributed by atoms with Gasteiger partial charge in [0, 0.05) is 39.4 Å². The van der Waals surface area contributed by atoms with Crippen LogP contribution in [0.15, 0.2) is 102 Å². The van der Waals surface area contributed by atoms with Gasteiger partial charge in [0.1, 0.15) is 11.7 Å². The molecule has 1 aromatic rings. The number of hydrogen-bond donors (Lipinski definition) is 2. The quantitative estimate of drug-likeness (QED) is 0.119. The number of nitrogens with zero attached hydrogens (tertiary/aromatic N) is 3. The van der Waals surface area contributed by atoms with Gasteiger partial charge in [-0.2, -0.15) is 0 Å². The molecule has 0 aromatic carbocycles. The first-order valence-corrected chi connectivity index (χ1v) is 23.8. The van der Waals surface area contributed by atoms with Crippen molar-refractivity contribution in [2.24, 2.45) is 44.6 Å². The Kier molecular flexibility index (Phi) is 15.9. The first-order valence-electron chi connectivity index (χ1n) is 23.8. The number of aromatic nitrogens is 1. The van der Waals surface area contributed by atoms with Crippen LogP contribution in [-0.4, -0.2) is 52.9 Å². The molecule has 0 amide bonds. The Morgan fingerprint density at radius 2 is 1.39 bits per heavy atom. The van der Waals surface area contributed by atoms with Gasteiger partial charge in [0.15, 0.2) is 0 Å². The van der Waals surface area contributed by atoms with Crippen molar-refractivity contribution in [2.75, 3.05) is 13.7 Å². The van der Waals surface area contributed by atoms with Crippen LogP contribution in [-0.2, 0) is 19.1 Å². The fourth-order valence-corrected chi connectivity index (χ4v) is 9.80. The van der Waals surface area contributed by atoms with Gasteiger partial charge in [-0.1, -0.05) is 118 Å². The third-order valence-corrected chi connectivity index (χ3v) is 14.0. The molecule has 1 aromatic heterocycles. The monoisotopic (exact) mass is 869 g/mol. The van der Waals surface area contributed by atoms with E-state index in [0.717, 1.165) is 80.4 Å². The molecular weight excluding hydrogens is 797 g/mol. The Balaban J connectivity index is 1.20. The van der Waals surface area contributed by atoms with Crippen LogP contribution in [0.4, 0.5) is 0 Å². The number of H-pyrrole nitrogens is 1. The highest BCUT2D eigenvalue weighted by atomic mass is 16.5. The Morgan fingerprint density at radius 1 is 0.781 bits per heavy atom. The van der Waals surface area contributed by atoms with Crippen molar-refractivity contribution >= 4 is 47.3 Å². The molecule has 8 bridgehead atoms. The largest absolute Gasteiger partial charge is 0.510 e. The summed E-state index contributed by atoms with van der Waals surface area (Å²) in [7, 11) is 1.31. The van der Waals surface area contributed by atoms with Gasteiger partial charge in [0.25, 0.3) is 0 Å². The van der Waals surface area contributed by atoms with Gasteiger partial charge in [-0.05, 0) is 110 Å². The Morgan fingerprint density at radius 3 is 2.00 bits per heavy atom. The average Bonchev–Trinajstić information content (AvgIpc) is 3.99. The van der Waals surface area contributed by atoms with Crippen LogP contribution in [0.5, 0.6) is 0 Å². The summed E-state index contributed by atoms with van der Waals surface area (Å²) in [6.07, 6.45) is 22.4. The molecule has 64 heavy (non-hydrogen) atoms. The lowest BCUT2D eigenvalue weighted by Crippen LogP contribution is -2.21. The molecule has 5 aliphatic rings. The number of aliphatic hydroxyl groups is 1. The standard InChI is InChI=1S/C55H72N4O5/c1-13-39-35(8)42-28-44-37(10)41(24-25-48(60)64-27-26-34(7)23-17-22-33(6)21-16-20-32(5)19-15-18-31(3)4)52(58-44)50-51(55(62)63-12)54(61)49-38(11)45(59-53(49)50)30-47-40(14-2)36(9)43(57-47)29-46(39)56-42/h13-14,28-34,51,56,61H,1-2,15-27H2,3-12H3. The van der Waals surface area contributed by atoms with Gasteiger partial charge >= 0.3 is 11.9 Å². The van der Waals surface area contributed by atoms with Crippen LogP contribution in [0, 0.1) is 36.5 Å². The van der Waals surface area contributed by atoms with Crippen LogP contribution in [0.2, 0.25) is 0 Å². The molecule has 4 aliphatic heterocycles. The van der Waals surface area contributed by atoms with E-state index in [1.807, 2.05) is 52.0 Å². The van der Waals surface area contributed by atoms with E-state index in [1.165, 1.54) is 58.5 Å². The molecule has 0 spiro atoms. The summed E-state index contributed by atoms with van der Waals surface area (Å²) < 4.78 is 11.1. The lowest BCUT2D eigenvalue weighted by atomic mass is 9.91. The number of rotatable bonds is 21. The molecule has 5 heterocycles. The minimum atomic E-state index is -1.14. The zero-order valence-electron chi connectivity index (χ0n) is 40.3. The topological polar surface area (TPSA) is 126 Å². The van der Waals surface area contributed by atoms with Crippen LogP contribution < -0.4 is 10.7 Å². The molecule has 0 fully saturated rings. The summed E-state index contributed by atoms with van der Waals surface area (Å²) in [5, 5.41) is 13.6. The number of carbonyl (C=O) groups excluding carboxylic acids is 2. The van der Waals surface area contributed by atoms with E-state index >= 15 is 0 Å². The van der Waals surface area contributed by atoms with Gasteiger partial charge in [0.05, 0.1) is 47.9 Å². The average molecular weight is 869 g/mol. The smallest absolute Gasteiger partial charge is 0.321 e. The summed E-state index contributed by atoms with van der Waals surface area (Å²) in [6, 6.07) is 0. The number of methoxy groups -OCH3 is 1. The summed E-state index contributed by atoms with van der Waals surface area (Å²) in [5.74, 6) is 0.649. The molecule has 6 rings (SSSR count). The SMILES string of the molecule is C=CC1=C(C)C2=NC1=CC1=C(C)C3=C(O)C(C(=O)OC)C(=C4N=C(C=c5[nH]c(c(C=C)c5C)=C2)C(C)=C4CCC(=O)OCCC(C)CCCC(C)CCCC(C)CCCC(C)C)C3=N1. The second-order valence-corrected chi connectivity index (χ2v) is 19.3. The van der Waals surface area contributed by atoms with E-state index in [4.69, 9.17) is 24.5 Å². The number of aliphatic hydroxyl groups excluding tert-OH is 1. The third-order valence-electron chi connectivity index (χ3n) is 14.0. The minimum absolute atomic E-state index is 0.127. The second-order valence-electron chi connectivity index (χ2n) is 19.3. The number of carbonyl (C=O) groups is 2. The van der Waals surface area contributed by atoms with Crippen molar-refractivity contribution in [1.29, 1.82) is 0 Å². The Labute approximate surface area is 381 Å². The Hall–Kier alpha value is -5.31. The van der Waals surface area contributed by atoms with Crippen molar-refractivity contribution in [3.8, 4) is 0 Å². The number of esters is 2. The number of nitrogens with one attached hydrogen (secondary N) is 1. The summed E-state index contributed by atoms with van der Waals surface area (Å²) in [5.41, 5.74) is 10.8. The van der Waals surface area contributed by atoms with Crippen molar-refractivity contribution in [3.05, 3.63) is 109 Å². The normalized spacial score (nSPS) is 19.4. The van der Waals surface area contributed by atoms with Crippen molar-refractivity contribution in [2.45, 2.75) is 139 Å². The zero-order chi connectivity index (χ0) is 46.4. The minimum Gasteiger partial charge on any atom is -0.510 e. The maximum atomic E-state index is 13.6. The number of hydrogen-bond acceptors (Lipinski definition) is 8. The molecule has 4 unspecified atom stereocenters. The van der Waals surface area contributed by atoms with Gasteiger partial charge in [-0.3, -0.25) is 9.59 Å². The Bertz CT molecular complexity index is 2490. The second kappa shape index (κ2) is 21.1. The highest BCUT2D eigenvalue weighted by Gasteiger charge is 2.47. The summed E-state index contributed by atoms with van der Waals surface area (Å²) in [6.45, 7) is 28.2. The lowest BCUT2D eigenvalue weighted by Gasteiger charge is -2.16. The van der Waals surface area contributed by atoms with Gasteiger partial charge in [-0.25, -0.2) is 15.0 Å². The fraction of sp³-hybridized carbons (Fsp3) is 0.509. The van der Waals surface area contributed by atoms with E-state index < -0.39 is 11.9 Å². The highest BCUT2D eigenvalue weighted by molar-refractivity contribution is 6.27. The molecular formula is C55H72N4O5. The number of allylic oxidation sites excluding steroid dienone is 7. The number of fused-ring (bicyclic) bond motifs is 5. The van der Waals surface area contributed by atoms with Crippen molar-refractivity contribution in [3.63, 3.8) is 0 Å². The molecule has 9 heteroatoms.